The van der Waals surface area contributed by atoms with Gasteiger partial charge in [0.2, 0.25) is 0 Å². The molecular weight excluding hydrogens is 416 g/mol. The first-order valence-electron chi connectivity index (χ1n) is 12.8. The highest BCUT2D eigenvalue weighted by Crippen LogP contribution is 2.47. The van der Waals surface area contributed by atoms with Crippen molar-refractivity contribution in [3.8, 4) is 22.6 Å². The lowest BCUT2D eigenvalue weighted by Gasteiger charge is -2.29. The Labute approximate surface area is 202 Å². The number of fused-ring (bicyclic) bond motifs is 7. The molecule has 172 valence electrons. The molecule has 1 aliphatic heterocycles. The van der Waals surface area contributed by atoms with E-state index in [1.165, 1.54) is 65.6 Å². The van der Waals surface area contributed by atoms with E-state index >= 15 is 0 Å². The normalized spacial score (nSPS) is 21.7. The summed E-state index contributed by atoms with van der Waals surface area (Å²) >= 11 is 0. The molecule has 0 amide bonds. The summed E-state index contributed by atoms with van der Waals surface area (Å²) in [6.07, 6.45) is 9.76. The largest absolute Gasteiger partial charge is 0.488 e. The zero-order valence-corrected chi connectivity index (χ0v) is 19.9. The Morgan fingerprint density at radius 1 is 0.706 bits per heavy atom. The van der Waals surface area contributed by atoms with E-state index in [1.807, 2.05) is 6.26 Å². The van der Waals surface area contributed by atoms with E-state index in [1.54, 1.807) is 0 Å². The van der Waals surface area contributed by atoms with E-state index in [4.69, 9.17) is 9.47 Å². The van der Waals surface area contributed by atoms with E-state index in [-0.39, 0.29) is 0 Å². The van der Waals surface area contributed by atoms with Crippen LogP contribution in [0.1, 0.15) is 45.4 Å². The summed E-state index contributed by atoms with van der Waals surface area (Å²) in [5.41, 5.74) is 3.54. The Kier molecular flexibility index (Phi) is 5.74. The van der Waals surface area contributed by atoms with Gasteiger partial charge in [-0.1, -0.05) is 80.4 Å². The van der Waals surface area contributed by atoms with Gasteiger partial charge in [-0.3, -0.25) is 0 Å². The SMILES string of the molecule is CCCC1CCC(/C2=C/Oc3ccc4ccccc4c3-c3c(ccc4ccccc34)OC2)CC1. The predicted octanol–water partition coefficient (Wildman–Crippen LogP) is 8.92. The van der Waals surface area contributed by atoms with Crippen molar-refractivity contribution in [3.05, 3.63) is 84.6 Å². The molecule has 0 spiro atoms. The van der Waals surface area contributed by atoms with Gasteiger partial charge in [0.1, 0.15) is 18.1 Å². The van der Waals surface area contributed by atoms with Crippen LogP contribution < -0.4 is 9.47 Å². The molecular formula is C32H32O2. The maximum Gasteiger partial charge on any atom is 0.135 e. The van der Waals surface area contributed by atoms with Crippen molar-refractivity contribution in [2.75, 3.05) is 6.61 Å². The monoisotopic (exact) mass is 448 g/mol. The summed E-state index contributed by atoms with van der Waals surface area (Å²) in [6.45, 7) is 2.89. The standard InChI is InChI=1S/C32H32O2/c1-2-7-22-12-14-23(15-13-22)26-20-33-29-18-16-24-8-3-5-10-27(24)31(29)32-28-11-6-4-9-25(28)17-19-30(32)34-21-26/h3-6,8-11,16-20,22-23H,2,7,12-15,21H2,1H3/b26-20+. The molecule has 1 aliphatic carbocycles. The summed E-state index contributed by atoms with van der Waals surface area (Å²) in [7, 11) is 0. The fourth-order valence-corrected chi connectivity index (χ4v) is 6.02. The summed E-state index contributed by atoms with van der Waals surface area (Å²) in [5.74, 6) is 3.27. The van der Waals surface area contributed by atoms with Gasteiger partial charge >= 0.3 is 0 Å². The molecule has 1 heterocycles. The Bertz CT molecular complexity index is 1360. The maximum absolute atomic E-state index is 6.61. The Morgan fingerprint density at radius 3 is 2.00 bits per heavy atom. The summed E-state index contributed by atoms with van der Waals surface area (Å²) in [4.78, 5) is 0. The second-order valence-corrected chi connectivity index (χ2v) is 9.93. The zero-order chi connectivity index (χ0) is 22.9. The molecule has 0 unspecified atom stereocenters. The van der Waals surface area contributed by atoms with Gasteiger partial charge in [-0.05, 0) is 71.2 Å². The Morgan fingerprint density at radius 2 is 1.32 bits per heavy atom. The Balaban J connectivity index is 1.48. The van der Waals surface area contributed by atoms with E-state index in [9.17, 15) is 0 Å². The molecule has 2 nitrogen and oxygen atoms in total. The summed E-state index contributed by atoms with van der Waals surface area (Å²) in [5, 5.41) is 4.81. The van der Waals surface area contributed by atoms with Gasteiger partial charge in [0, 0.05) is 16.7 Å². The summed E-state index contributed by atoms with van der Waals surface area (Å²) < 4.78 is 13.1. The fraction of sp³-hybridized carbons (Fsp3) is 0.312. The predicted molar refractivity (Wildman–Crippen MR) is 141 cm³/mol. The van der Waals surface area contributed by atoms with Crippen molar-refractivity contribution in [2.45, 2.75) is 45.4 Å². The molecule has 6 rings (SSSR count). The fourth-order valence-electron chi connectivity index (χ4n) is 6.02. The van der Waals surface area contributed by atoms with Crippen LogP contribution in [-0.4, -0.2) is 6.61 Å². The average molecular weight is 449 g/mol. The van der Waals surface area contributed by atoms with E-state index in [0.29, 0.717) is 12.5 Å². The third-order valence-corrected chi connectivity index (χ3v) is 7.83. The Hall–Kier alpha value is -3.26. The molecule has 0 N–H and O–H groups in total. The minimum atomic E-state index is 0.541. The number of hydrogen-bond donors (Lipinski definition) is 0. The lowest BCUT2D eigenvalue weighted by Crippen LogP contribution is -2.19. The van der Waals surface area contributed by atoms with Gasteiger partial charge in [-0.25, -0.2) is 0 Å². The van der Waals surface area contributed by atoms with Crippen LogP contribution in [0.25, 0.3) is 32.7 Å². The molecule has 1 fully saturated rings. The van der Waals surface area contributed by atoms with E-state index in [2.05, 4.69) is 79.7 Å². The minimum Gasteiger partial charge on any atom is -0.488 e. The quantitative estimate of drug-likeness (QED) is 0.311. The highest BCUT2D eigenvalue weighted by Gasteiger charge is 2.26. The average Bonchev–Trinajstić information content (AvgIpc) is 2.97. The molecule has 2 heteroatoms. The molecule has 4 aromatic carbocycles. The molecule has 0 atom stereocenters. The van der Waals surface area contributed by atoms with Crippen LogP contribution >= 0.6 is 0 Å². The van der Waals surface area contributed by atoms with Crippen LogP contribution in [0.2, 0.25) is 0 Å². The minimum absolute atomic E-state index is 0.541. The van der Waals surface area contributed by atoms with Crippen LogP contribution in [0.5, 0.6) is 11.5 Å². The van der Waals surface area contributed by atoms with Gasteiger partial charge in [0.05, 0.1) is 6.26 Å². The molecule has 4 aromatic rings. The third-order valence-electron chi connectivity index (χ3n) is 7.83. The smallest absolute Gasteiger partial charge is 0.135 e. The van der Waals surface area contributed by atoms with Gasteiger partial charge in [0.25, 0.3) is 0 Å². The molecule has 34 heavy (non-hydrogen) atoms. The van der Waals surface area contributed by atoms with Gasteiger partial charge in [-0.2, -0.15) is 0 Å². The first-order valence-corrected chi connectivity index (χ1v) is 12.8. The second kappa shape index (κ2) is 9.18. The zero-order valence-electron chi connectivity index (χ0n) is 19.9. The first kappa shape index (κ1) is 21.3. The highest BCUT2D eigenvalue weighted by molar-refractivity contribution is 6.09. The molecule has 2 aliphatic rings. The third kappa shape index (κ3) is 3.86. The second-order valence-electron chi connectivity index (χ2n) is 9.93. The number of benzene rings is 4. The number of ether oxygens (including phenoxy) is 2. The molecule has 0 bridgehead atoms. The van der Waals surface area contributed by atoms with Crippen molar-refractivity contribution >= 4 is 21.5 Å². The highest BCUT2D eigenvalue weighted by atomic mass is 16.5. The van der Waals surface area contributed by atoms with Crippen LogP contribution in [0.3, 0.4) is 0 Å². The van der Waals surface area contributed by atoms with Crippen LogP contribution in [0, 0.1) is 11.8 Å². The van der Waals surface area contributed by atoms with Crippen molar-refractivity contribution in [2.24, 2.45) is 11.8 Å². The molecule has 0 saturated heterocycles. The van der Waals surface area contributed by atoms with Crippen molar-refractivity contribution in [1.29, 1.82) is 0 Å². The lowest BCUT2D eigenvalue weighted by molar-refractivity contribution is 0.257. The van der Waals surface area contributed by atoms with E-state index < -0.39 is 0 Å². The van der Waals surface area contributed by atoms with Gasteiger partial charge in [-0.15, -0.1) is 0 Å². The van der Waals surface area contributed by atoms with Crippen molar-refractivity contribution < 1.29 is 9.47 Å². The molecule has 1 saturated carbocycles. The number of hydrogen-bond acceptors (Lipinski definition) is 2. The van der Waals surface area contributed by atoms with Crippen molar-refractivity contribution in [1.82, 2.24) is 0 Å². The van der Waals surface area contributed by atoms with Crippen molar-refractivity contribution in [3.63, 3.8) is 0 Å². The van der Waals surface area contributed by atoms with Crippen LogP contribution in [-0.2, 0) is 0 Å². The van der Waals surface area contributed by atoms with Crippen LogP contribution in [0.4, 0.5) is 0 Å². The molecule has 0 aromatic heterocycles. The number of rotatable bonds is 3. The van der Waals surface area contributed by atoms with E-state index in [0.717, 1.165) is 28.5 Å². The maximum atomic E-state index is 6.61. The summed E-state index contributed by atoms with van der Waals surface area (Å²) in [6, 6.07) is 25.8. The van der Waals surface area contributed by atoms with Gasteiger partial charge in [0.15, 0.2) is 0 Å². The van der Waals surface area contributed by atoms with Gasteiger partial charge < -0.3 is 9.47 Å². The topological polar surface area (TPSA) is 18.5 Å². The lowest BCUT2D eigenvalue weighted by atomic mass is 9.77. The molecule has 0 radical (unpaired) electrons. The first-order chi connectivity index (χ1) is 16.8. The van der Waals surface area contributed by atoms with Crippen LogP contribution in [0.15, 0.2) is 84.6 Å².